The molecule has 0 aliphatic carbocycles. The molecule has 2 aromatic rings. The van der Waals surface area contributed by atoms with Crippen LogP contribution in [-0.4, -0.2) is 21.3 Å². The molecule has 0 saturated heterocycles. The van der Waals surface area contributed by atoms with Gasteiger partial charge in [0.1, 0.15) is 5.82 Å². The lowest BCUT2D eigenvalue weighted by Gasteiger charge is -2.05. The number of H-pyrrole nitrogens is 1. The Kier molecular flexibility index (Phi) is 4.69. The van der Waals surface area contributed by atoms with Crippen molar-refractivity contribution in [1.29, 1.82) is 0 Å². The summed E-state index contributed by atoms with van der Waals surface area (Å²) in [7, 11) is 0. The second-order valence-electron chi connectivity index (χ2n) is 4.33. The Hall–Kier alpha value is -2.65. The van der Waals surface area contributed by atoms with E-state index in [4.69, 9.17) is 5.11 Å². The van der Waals surface area contributed by atoms with Crippen LogP contribution in [0.4, 0.5) is 4.39 Å². The zero-order valence-corrected chi connectivity index (χ0v) is 11.1. The number of rotatable bonds is 3. The fourth-order valence-electron chi connectivity index (χ4n) is 1.75. The van der Waals surface area contributed by atoms with Crippen molar-refractivity contribution in [3.8, 4) is 11.8 Å². The van der Waals surface area contributed by atoms with E-state index in [0.717, 1.165) is 0 Å². The molecule has 1 aromatic carbocycles. The number of hydrogen-bond donors (Lipinski definition) is 2. The summed E-state index contributed by atoms with van der Waals surface area (Å²) >= 11 is 0. The molecule has 0 saturated carbocycles. The summed E-state index contributed by atoms with van der Waals surface area (Å²) in [6.45, 7) is 0.117. The van der Waals surface area contributed by atoms with Crippen molar-refractivity contribution in [3.63, 3.8) is 0 Å². The number of aromatic nitrogens is 2. The molecular weight excluding hydrogens is 275 g/mol. The van der Waals surface area contributed by atoms with Crippen molar-refractivity contribution >= 4 is 0 Å². The molecule has 0 aliphatic heterocycles. The van der Waals surface area contributed by atoms with Crippen LogP contribution in [0.1, 0.15) is 17.5 Å². The van der Waals surface area contributed by atoms with Gasteiger partial charge < -0.3 is 5.11 Å². The molecule has 0 fully saturated rings. The first-order valence-electron chi connectivity index (χ1n) is 6.28. The number of nitrogens with zero attached hydrogens (tertiary/aromatic N) is 1. The number of halogens is 1. The Balaban J connectivity index is 2.29. The van der Waals surface area contributed by atoms with Crippen LogP contribution in [0.25, 0.3) is 0 Å². The molecule has 5 nitrogen and oxygen atoms in total. The molecule has 0 atom stereocenters. The molecule has 21 heavy (non-hydrogen) atoms. The average molecular weight is 288 g/mol. The molecule has 0 radical (unpaired) electrons. The fraction of sp³-hybridized carbons (Fsp3) is 0.200. The third kappa shape index (κ3) is 3.91. The van der Waals surface area contributed by atoms with Gasteiger partial charge in [0.15, 0.2) is 0 Å². The Morgan fingerprint density at radius 1 is 1.29 bits per heavy atom. The number of hydrogen-bond acceptors (Lipinski definition) is 3. The van der Waals surface area contributed by atoms with Gasteiger partial charge in [-0.2, -0.15) is 0 Å². The molecular formula is C15H13FN2O3. The van der Waals surface area contributed by atoms with E-state index in [1.54, 1.807) is 6.07 Å². The van der Waals surface area contributed by atoms with Crippen LogP contribution in [0, 0.1) is 17.7 Å². The average Bonchev–Trinajstić information content (AvgIpc) is 2.45. The molecule has 2 N–H and O–H groups in total. The summed E-state index contributed by atoms with van der Waals surface area (Å²) < 4.78 is 14.9. The van der Waals surface area contributed by atoms with Gasteiger partial charge in [-0.05, 0) is 17.7 Å². The van der Waals surface area contributed by atoms with Crippen LogP contribution >= 0.6 is 0 Å². The molecule has 108 valence electrons. The summed E-state index contributed by atoms with van der Waals surface area (Å²) in [6.07, 6.45) is 1.64. The van der Waals surface area contributed by atoms with Gasteiger partial charge in [-0.25, -0.2) is 9.18 Å². The smallest absolute Gasteiger partial charge is 0.328 e. The SMILES string of the molecule is O=c1ccn(Cc2ccc(F)c(C#CCCO)c2)c(=O)[nH]1. The Bertz CT molecular complexity index is 812. The van der Waals surface area contributed by atoms with E-state index in [1.165, 1.54) is 29.0 Å². The molecule has 2 rings (SSSR count). The van der Waals surface area contributed by atoms with E-state index >= 15 is 0 Å². The molecule has 0 unspecified atom stereocenters. The Labute approximate surface area is 119 Å². The second kappa shape index (κ2) is 6.68. The lowest BCUT2D eigenvalue weighted by atomic mass is 10.1. The van der Waals surface area contributed by atoms with Crippen molar-refractivity contribution < 1.29 is 9.50 Å². The largest absolute Gasteiger partial charge is 0.395 e. The summed E-state index contributed by atoms with van der Waals surface area (Å²) in [6, 6.07) is 5.60. The highest BCUT2D eigenvalue weighted by molar-refractivity contribution is 5.38. The summed E-state index contributed by atoms with van der Waals surface area (Å²) in [5.74, 6) is 4.82. The summed E-state index contributed by atoms with van der Waals surface area (Å²) in [4.78, 5) is 24.7. The number of aliphatic hydroxyl groups is 1. The van der Waals surface area contributed by atoms with Gasteiger partial charge >= 0.3 is 5.69 Å². The van der Waals surface area contributed by atoms with E-state index < -0.39 is 17.1 Å². The van der Waals surface area contributed by atoms with Gasteiger partial charge in [0, 0.05) is 18.7 Å². The first kappa shape index (κ1) is 14.8. The van der Waals surface area contributed by atoms with Gasteiger partial charge in [0.25, 0.3) is 5.56 Å². The first-order valence-corrected chi connectivity index (χ1v) is 6.28. The third-order valence-corrected chi connectivity index (χ3v) is 2.74. The molecule has 0 aliphatic rings. The minimum absolute atomic E-state index is 0.0823. The van der Waals surface area contributed by atoms with Crippen LogP contribution in [-0.2, 0) is 6.54 Å². The third-order valence-electron chi connectivity index (χ3n) is 2.74. The predicted molar refractivity (Wildman–Crippen MR) is 75.4 cm³/mol. The molecule has 6 heteroatoms. The minimum Gasteiger partial charge on any atom is -0.395 e. The van der Waals surface area contributed by atoms with Crippen molar-refractivity contribution in [2.24, 2.45) is 0 Å². The maximum Gasteiger partial charge on any atom is 0.328 e. The van der Waals surface area contributed by atoms with Crippen molar-refractivity contribution in [1.82, 2.24) is 9.55 Å². The van der Waals surface area contributed by atoms with Gasteiger partial charge in [-0.15, -0.1) is 0 Å². The molecule has 1 aromatic heterocycles. The zero-order chi connectivity index (χ0) is 15.2. The lowest BCUT2D eigenvalue weighted by molar-refractivity contribution is 0.305. The van der Waals surface area contributed by atoms with Crippen LogP contribution < -0.4 is 11.2 Å². The van der Waals surface area contributed by atoms with Gasteiger partial charge in [0.2, 0.25) is 0 Å². The van der Waals surface area contributed by atoms with Gasteiger partial charge in [-0.1, -0.05) is 17.9 Å². The standard InChI is InChI=1S/C15H13FN2O3/c16-13-5-4-11(9-12(13)3-1-2-8-19)10-18-7-6-14(20)17-15(18)21/h4-7,9,19H,2,8,10H2,(H,17,20,21). The maximum absolute atomic E-state index is 13.6. The fourth-order valence-corrected chi connectivity index (χ4v) is 1.75. The van der Waals surface area contributed by atoms with E-state index in [-0.39, 0.29) is 25.1 Å². The normalized spacial score (nSPS) is 10.0. The molecule has 0 bridgehead atoms. The van der Waals surface area contributed by atoms with Crippen LogP contribution in [0.3, 0.4) is 0 Å². The van der Waals surface area contributed by atoms with E-state index in [2.05, 4.69) is 16.8 Å². The topological polar surface area (TPSA) is 75.1 Å². The highest BCUT2D eigenvalue weighted by atomic mass is 19.1. The van der Waals surface area contributed by atoms with Crippen LogP contribution in [0.2, 0.25) is 0 Å². The Morgan fingerprint density at radius 3 is 2.81 bits per heavy atom. The van der Waals surface area contributed by atoms with Crippen LogP contribution in [0.15, 0.2) is 40.1 Å². The van der Waals surface area contributed by atoms with Gasteiger partial charge in [-0.3, -0.25) is 14.3 Å². The molecule has 0 amide bonds. The second-order valence-corrected chi connectivity index (χ2v) is 4.33. The predicted octanol–water partition coefficient (Wildman–Crippen LogP) is 0.458. The van der Waals surface area contributed by atoms with Crippen molar-refractivity contribution in [3.05, 3.63) is 68.2 Å². The lowest BCUT2D eigenvalue weighted by Crippen LogP contribution is -2.28. The van der Waals surface area contributed by atoms with E-state index in [0.29, 0.717) is 5.56 Å². The number of aliphatic hydroxyl groups excluding tert-OH is 1. The number of aromatic amines is 1. The highest BCUT2D eigenvalue weighted by Crippen LogP contribution is 2.10. The minimum atomic E-state index is -0.528. The van der Waals surface area contributed by atoms with Crippen molar-refractivity contribution in [2.75, 3.05) is 6.61 Å². The number of nitrogens with one attached hydrogen (secondary N) is 1. The van der Waals surface area contributed by atoms with Gasteiger partial charge in [0.05, 0.1) is 18.7 Å². The molecule has 1 heterocycles. The zero-order valence-electron chi connectivity index (χ0n) is 11.1. The number of benzene rings is 1. The van der Waals surface area contributed by atoms with Crippen LogP contribution in [0.5, 0.6) is 0 Å². The first-order chi connectivity index (χ1) is 10.1. The van der Waals surface area contributed by atoms with E-state index in [1.807, 2.05) is 0 Å². The highest BCUT2D eigenvalue weighted by Gasteiger charge is 2.03. The monoisotopic (exact) mass is 288 g/mol. The summed E-state index contributed by atoms with van der Waals surface area (Å²) in [5, 5.41) is 8.65. The van der Waals surface area contributed by atoms with Crippen molar-refractivity contribution in [2.45, 2.75) is 13.0 Å². The Morgan fingerprint density at radius 2 is 2.10 bits per heavy atom. The quantitative estimate of drug-likeness (QED) is 0.806. The maximum atomic E-state index is 13.6. The van der Waals surface area contributed by atoms with E-state index in [9.17, 15) is 14.0 Å². The molecule has 0 spiro atoms. The summed E-state index contributed by atoms with van der Waals surface area (Å²) in [5.41, 5.74) is -0.108.